The Bertz CT molecular complexity index is 665. The van der Waals surface area contributed by atoms with Gasteiger partial charge in [0.1, 0.15) is 11.9 Å². The fourth-order valence-corrected chi connectivity index (χ4v) is 7.05. The van der Waals surface area contributed by atoms with Crippen LogP contribution in [0, 0.1) is 34.5 Å². The molecule has 0 aliphatic heterocycles. The van der Waals surface area contributed by atoms with Crippen LogP contribution < -0.4 is 0 Å². The van der Waals surface area contributed by atoms with Gasteiger partial charge in [-0.05, 0) is 68.1 Å². The minimum Gasteiger partial charge on any atom is -0.462 e. The van der Waals surface area contributed by atoms with Crippen molar-refractivity contribution in [3.05, 3.63) is 11.6 Å². The normalized spacial score (nSPS) is 44.6. The Morgan fingerprint density at radius 2 is 2.00 bits per heavy atom. The van der Waals surface area contributed by atoms with Gasteiger partial charge in [0.15, 0.2) is 0 Å². The lowest BCUT2D eigenvalue weighted by Crippen LogP contribution is -2.51. The fourth-order valence-electron chi connectivity index (χ4n) is 7.05. The molecule has 0 aromatic carbocycles. The minimum absolute atomic E-state index is 0.00264. The van der Waals surface area contributed by atoms with E-state index in [1.165, 1.54) is 18.4 Å². The van der Waals surface area contributed by atoms with E-state index in [9.17, 15) is 9.59 Å². The van der Waals surface area contributed by atoms with Crippen molar-refractivity contribution in [1.82, 2.24) is 0 Å². The summed E-state index contributed by atoms with van der Waals surface area (Å²) >= 11 is 0. The molecule has 0 bridgehead atoms. The van der Waals surface area contributed by atoms with Gasteiger partial charge in [-0.2, -0.15) is 0 Å². The maximum atomic E-state index is 12.4. The van der Waals surface area contributed by atoms with Gasteiger partial charge in [-0.3, -0.25) is 9.59 Å². The third-order valence-corrected chi connectivity index (χ3v) is 9.12. The first-order valence-electron chi connectivity index (χ1n) is 11.2. The van der Waals surface area contributed by atoms with Gasteiger partial charge in [-0.15, -0.1) is 0 Å². The van der Waals surface area contributed by atoms with E-state index in [4.69, 9.17) is 4.74 Å². The van der Waals surface area contributed by atoms with Crippen LogP contribution in [0.4, 0.5) is 0 Å². The highest BCUT2D eigenvalue weighted by Crippen LogP contribution is 2.65. The first kappa shape index (κ1) is 19.2. The van der Waals surface area contributed by atoms with E-state index >= 15 is 0 Å². The molecule has 4 rings (SSSR count). The molecule has 4 aliphatic rings. The molecular formula is C24H36O3. The van der Waals surface area contributed by atoms with Gasteiger partial charge in [0.25, 0.3) is 0 Å². The van der Waals surface area contributed by atoms with Gasteiger partial charge in [-0.25, -0.2) is 0 Å². The monoisotopic (exact) mass is 372 g/mol. The predicted molar refractivity (Wildman–Crippen MR) is 106 cm³/mol. The summed E-state index contributed by atoms with van der Waals surface area (Å²) in [5.41, 5.74) is 1.79. The quantitative estimate of drug-likeness (QED) is 0.487. The number of ether oxygens (including phenoxy) is 1. The number of allylic oxidation sites excluding steroid dienone is 2. The Labute approximate surface area is 164 Å². The van der Waals surface area contributed by atoms with Crippen molar-refractivity contribution in [3.63, 3.8) is 0 Å². The molecule has 7 unspecified atom stereocenters. The maximum absolute atomic E-state index is 12.4. The highest BCUT2D eigenvalue weighted by atomic mass is 16.5. The number of fused-ring (bicyclic) bond motifs is 5. The highest BCUT2D eigenvalue weighted by Gasteiger charge is 2.59. The molecule has 0 aromatic heterocycles. The zero-order chi connectivity index (χ0) is 19.4. The van der Waals surface area contributed by atoms with Crippen LogP contribution in [0.5, 0.6) is 0 Å². The third-order valence-electron chi connectivity index (χ3n) is 9.12. The summed E-state index contributed by atoms with van der Waals surface area (Å²) in [6.45, 7) is 8.85. The molecule has 3 saturated carbocycles. The van der Waals surface area contributed by atoms with Gasteiger partial charge >= 0.3 is 5.97 Å². The van der Waals surface area contributed by atoms with Crippen molar-refractivity contribution in [1.29, 1.82) is 0 Å². The number of hydrogen-bond acceptors (Lipinski definition) is 3. The number of ketones is 1. The number of hydrogen-bond donors (Lipinski definition) is 0. The van der Waals surface area contributed by atoms with Crippen LogP contribution in [0.15, 0.2) is 11.6 Å². The molecule has 0 spiro atoms. The van der Waals surface area contributed by atoms with Crippen LogP contribution >= 0.6 is 0 Å². The Balaban J connectivity index is 1.55. The second-order valence-electron chi connectivity index (χ2n) is 10.3. The first-order chi connectivity index (χ1) is 12.8. The zero-order valence-electron chi connectivity index (χ0n) is 17.6. The van der Waals surface area contributed by atoms with E-state index in [1.54, 1.807) is 0 Å². The standard InChI is InChI=1S/C24H36O3/c1-5-15(2)22(26)27-21-9-8-19-18-7-6-16-14-17(25)10-12-23(16,3)20(18)11-13-24(19,21)4/h6,15,18-21H,5,7-14H2,1-4H3. The molecule has 0 heterocycles. The smallest absolute Gasteiger partial charge is 0.308 e. The molecule has 0 N–H and O–H groups in total. The molecule has 0 aromatic rings. The van der Waals surface area contributed by atoms with Crippen molar-refractivity contribution in [2.24, 2.45) is 34.5 Å². The van der Waals surface area contributed by atoms with Gasteiger partial charge < -0.3 is 4.74 Å². The Kier molecular flexibility index (Phi) is 4.79. The Hall–Kier alpha value is -1.12. The molecule has 7 atom stereocenters. The average molecular weight is 373 g/mol. The molecule has 27 heavy (non-hydrogen) atoms. The van der Waals surface area contributed by atoms with Crippen molar-refractivity contribution < 1.29 is 14.3 Å². The van der Waals surface area contributed by atoms with Crippen LogP contribution in [0.3, 0.4) is 0 Å². The van der Waals surface area contributed by atoms with Crippen molar-refractivity contribution in [2.75, 3.05) is 0 Å². The molecule has 0 saturated heterocycles. The van der Waals surface area contributed by atoms with Crippen LogP contribution in [-0.4, -0.2) is 17.9 Å². The summed E-state index contributed by atoms with van der Waals surface area (Å²) in [7, 11) is 0. The number of carbonyl (C=O) groups excluding carboxylic acids is 2. The van der Waals surface area contributed by atoms with Crippen LogP contribution in [0.1, 0.15) is 85.5 Å². The van der Waals surface area contributed by atoms with Gasteiger partial charge in [0.2, 0.25) is 0 Å². The first-order valence-corrected chi connectivity index (χ1v) is 11.2. The van der Waals surface area contributed by atoms with Gasteiger partial charge in [0.05, 0.1) is 5.92 Å². The van der Waals surface area contributed by atoms with E-state index in [0.29, 0.717) is 30.0 Å². The van der Waals surface area contributed by atoms with E-state index < -0.39 is 0 Å². The van der Waals surface area contributed by atoms with Crippen LogP contribution in [0.25, 0.3) is 0 Å². The summed E-state index contributed by atoms with van der Waals surface area (Å²) in [4.78, 5) is 24.4. The van der Waals surface area contributed by atoms with Crippen molar-refractivity contribution in [2.45, 2.75) is 91.6 Å². The lowest BCUT2D eigenvalue weighted by atomic mass is 9.48. The van der Waals surface area contributed by atoms with E-state index in [0.717, 1.165) is 38.5 Å². The van der Waals surface area contributed by atoms with Gasteiger partial charge in [0, 0.05) is 18.3 Å². The molecule has 4 aliphatic carbocycles. The second kappa shape index (κ2) is 6.74. The highest BCUT2D eigenvalue weighted by molar-refractivity contribution is 5.82. The van der Waals surface area contributed by atoms with Crippen LogP contribution in [0.2, 0.25) is 0 Å². The van der Waals surface area contributed by atoms with Gasteiger partial charge in [-0.1, -0.05) is 39.3 Å². The average Bonchev–Trinajstić information content (AvgIpc) is 2.98. The molecule has 0 amide bonds. The Morgan fingerprint density at radius 3 is 2.74 bits per heavy atom. The van der Waals surface area contributed by atoms with E-state index in [2.05, 4.69) is 26.8 Å². The van der Waals surface area contributed by atoms with Crippen molar-refractivity contribution in [3.8, 4) is 0 Å². The molecule has 3 heteroatoms. The number of esters is 1. The molecule has 0 radical (unpaired) electrons. The third kappa shape index (κ3) is 2.91. The largest absolute Gasteiger partial charge is 0.462 e. The fraction of sp³-hybridized carbons (Fsp3) is 0.833. The summed E-state index contributed by atoms with van der Waals surface area (Å²) in [5, 5.41) is 0. The molecule has 150 valence electrons. The molecule has 3 fully saturated rings. The zero-order valence-corrected chi connectivity index (χ0v) is 17.6. The summed E-state index contributed by atoms with van der Waals surface area (Å²) < 4.78 is 6.06. The number of Topliss-reactive ketones (excluding diaryl/α,β-unsaturated/α-hetero) is 1. The van der Waals surface area contributed by atoms with Crippen LogP contribution in [-0.2, 0) is 14.3 Å². The second-order valence-corrected chi connectivity index (χ2v) is 10.3. The summed E-state index contributed by atoms with van der Waals surface area (Å²) in [5.74, 6) is 2.47. The molecule has 3 nitrogen and oxygen atoms in total. The lowest BCUT2D eigenvalue weighted by molar-refractivity contribution is -0.163. The lowest BCUT2D eigenvalue weighted by Gasteiger charge is -2.57. The van der Waals surface area contributed by atoms with E-state index in [-0.39, 0.29) is 28.8 Å². The summed E-state index contributed by atoms with van der Waals surface area (Å²) in [6.07, 6.45) is 11.6. The SMILES string of the molecule is CCC(C)C(=O)OC1CCC2C3CC=C4CC(=O)CCC4(C)C3CCC12C. The Morgan fingerprint density at radius 1 is 1.22 bits per heavy atom. The topological polar surface area (TPSA) is 43.4 Å². The van der Waals surface area contributed by atoms with E-state index in [1.807, 2.05) is 6.92 Å². The predicted octanol–water partition coefficient (Wildman–Crippen LogP) is 5.48. The number of carbonyl (C=O) groups is 2. The van der Waals surface area contributed by atoms with Crippen molar-refractivity contribution >= 4 is 11.8 Å². The minimum atomic E-state index is -0.00456. The maximum Gasteiger partial charge on any atom is 0.308 e. The number of rotatable bonds is 3. The summed E-state index contributed by atoms with van der Waals surface area (Å²) in [6, 6.07) is 0. The molecular weight excluding hydrogens is 336 g/mol.